The first kappa shape index (κ1) is 17.7. The number of alkyl halides is 3. The van der Waals surface area contributed by atoms with Crippen LogP contribution in [0.1, 0.15) is 10.5 Å². The Morgan fingerprint density at radius 3 is 2.35 bits per heavy atom. The van der Waals surface area contributed by atoms with Crippen LogP contribution in [0, 0.1) is 4.77 Å². The third kappa shape index (κ3) is 4.12. The topological polar surface area (TPSA) is 59.0 Å². The standard InChI is InChI=1S/C17H12F3N3O2S/c18-17(19,20)25-13-8-6-11(7-9-13)22-15(24)14-10-21-16(26)23(14)12-4-2-1-3-5-12/h1-10H,(H,21,26)(H,22,24). The average Bonchev–Trinajstić information content (AvgIpc) is 2.98. The predicted octanol–water partition coefficient (Wildman–Crippen LogP) is 4.69. The van der Waals surface area contributed by atoms with Gasteiger partial charge in [0.2, 0.25) is 0 Å². The molecule has 0 aliphatic rings. The summed E-state index contributed by atoms with van der Waals surface area (Å²) in [5, 5.41) is 2.61. The molecule has 26 heavy (non-hydrogen) atoms. The van der Waals surface area contributed by atoms with Gasteiger partial charge in [-0.15, -0.1) is 13.2 Å². The number of ether oxygens (including phenoxy) is 1. The van der Waals surface area contributed by atoms with Gasteiger partial charge in [-0.25, -0.2) is 0 Å². The number of amides is 1. The zero-order valence-electron chi connectivity index (χ0n) is 13.1. The molecule has 3 rings (SSSR count). The van der Waals surface area contributed by atoms with Crippen LogP contribution in [0.2, 0.25) is 0 Å². The van der Waals surface area contributed by atoms with E-state index >= 15 is 0 Å². The van der Waals surface area contributed by atoms with Crippen LogP contribution in [-0.2, 0) is 0 Å². The lowest BCUT2D eigenvalue weighted by molar-refractivity contribution is -0.274. The number of anilines is 1. The van der Waals surface area contributed by atoms with Crippen LogP contribution >= 0.6 is 12.2 Å². The van der Waals surface area contributed by atoms with E-state index in [-0.39, 0.29) is 11.4 Å². The average molecular weight is 379 g/mol. The molecule has 0 radical (unpaired) electrons. The SMILES string of the molecule is O=C(Nc1ccc(OC(F)(F)F)cc1)c1c[nH]c(=S)n1-c1ccccc1. The van der Waals surface area contributed by atoms with Gasteiger partial charge in [-0.3, -0.25) is 9.36 Å². The molecule has 1 amide bonds. The van der Waals surface area contributed by atoms with Gasteiger partial charge in [-0.05, 0) is 48.6 Å². The Morgan fingerprint density at radius 2 is 1.73 bits per heavy atom. The van der Waals surface area contributed by atoms with E-state index in [1.165, 1.54) is 18.3 Å². The Kier molecular flexibility index (Phi) is 4.81. The number of halogens is 3. The van der Waals surface area contributed by atoms with Gasteiger partial charge < -0.3 is 15.0 Å². The van der Waals surface area contributed by atoms with Crippen LogP contribution in [0.25, 0.3) is 5.69 Å². The monoisotopic (exact) mass is 379 g/mol. The maximum Gasteiger partial charge on any atom is 0.573 e. The van der Waals surface area contributed by atoms with Gasteiger partial charge in [0.05, 0.1) is 0 Å². The minimum Gasteiger partial charge on any atom is -0.406 e. The number of H-pyrrole nitrogens is 1. The quantitative estimate of drug-likeness (QED) is 0.647. The Morgan fingerprint density at radius 1 is 1.08 bits per heavy atom. The molecule has 2 N–H and O–H groups in total. The van der Waals surface area contributed by atoms with Gasteiger partial charge in [-0.2, -0.15) is 0 Å². The highest BCUT2D eigenvalue weighted by Gasteiger charge is 2.31. The highest BCUT2D eigenvalue weighted by Crippen LogP contribution is 2.24. The molecule has 0 spiro atoms. The normalized spacial score (nSPS) is 11.2. The summed E-state index contributed by atoms with van der Waals surface area (Å²) < 4.78 is 42.2. The number of rotatable bonds is 4. The van der Waals surface area contributed by atoms with Crippen molar-refractivity contribution in [1.82, 2.24) is 9.55 Å². The second-order valence-electron chi connectivity index (χ2n) is 5.18. The molecule has 0 aliphatic heterocycles. The van der Waals surface area contributed by atoms with E-state index in [1.54, 1.807) is 16.7 Å². The molecule has 0 saturated heterocycles. The zero-order chi connectivity index (χ0) is 18.7. The first-order valence-corrected chi connectivity index (χ1v) is 7.77. The number of carbonyl (C=O) groups is 1. The van der Waals surface area contributed by atoms with Crippen molar-refractivity contribution in [3.63, 3.8) is 0 Å². The zero-order valence-corrected chi connectivity index (χ0v) is 13.9. The van der Waals surface area contributed by atoms with Crippen molar-refractivity contribution in [2.45, 2.75) is 6.36 Å². The van der Waals surface area contributed by atoms with Crippen LogP contribution in [0.5, 0.6) is 5.75 Å². The van der Waals surface area contributed by atoms with Crippen molar-refractivity contribution in [3.8, 4) is 11.4 Å². The van der Waals surface area contributed by atoms with Crippen LogP contribution < -0.4 is 10.1 Å². The number of carbonyl (C=O) groups excluding carboxylic acids is 1. The van der Waals surface area contributed by atoms with E-state index in [0.29, 0.717) is 16.1 Å². The van der Waals surface area contributed by atoms with Crippen LogP contribution in [0.3, 0.4) is 0 Å². The lowest BCUT2D eigenvalue weighted by Crippen LogP contribution is -2.18. The highest BCUT2D eigenvalue weighted by atomic mass is 32.1. The Bertz CT molecular complexity index is 963. The van der Waals surface area contributed by atoms with E-state index in [9.17, 15) is 18.0 Å². The molecule has 1 heterocycles. The van der Waals surface area contributed by atoms with Crippen molar-refractivity contribution >= 4 is 23.8 Å². The van der Waals surface area contributed by atoms with Crippen molar-refractivity contribution in [2.75, 3.05) is 5.32 Å². The van der Waals surface area contributed by atoms with Crippen molar-refractivity contribution in [1.29, 1.82) is 0 Å². The van der Waals surface area contributed by atoms with Crippen LogP contribution in [0.15, 0.2) is 60.8 Å². The van der Waals surface area contributed by atoms with E-state index in [2.05, 4.69) is 15.0 Å². The van der Waals surface area contributed by atoms with E-state index in [0.717, 1.165) is 12.1 Å². The molecule has 134 valence electrons. The number of imidazole rings is 1. The molecule has 9 heteroatoms. The summed E-state index contributed by atoms with van der Waals surface area (Å²) in [5.74, 6) is -0.838. The molecule has 2 aromatic carbocycles. The lowest BCUT2D eigenvalue weighted by atomic mass is 10.2. The third-order valence-electron chi connectivity index (χ3n) is 3.37. The fourth-order valence-corrected chi connectivity index (χ4v) is 2.57. The molecule has 5 nitrogen and oxygen atoms in total. The molecule has 0 unspecified atom stereocenters. The fraction of sp³-hybridized carbons (Fsp3) is 0.0588. The summed E-state index contributed by atoms with van der Waals surface area (Å²) in [6, 6.07) is 13.9. The fourth-order valence-electron chi connectivity index (χ4n) is 2.30. The maximum absolute atomic E-state index is 12.5. The molecule has 0 aliphatic carbocycles. The number of nitrogens with zero attached hydrogens (tertiary/aromatic N) is 1. The second-order valence-corrected chi connectivity index (χ2v) is 5.56. The van der Waals surface area contributed by atoms with Crippen LogP contribution in [0.4, 0.5) is 18.9 Å². The third-order valence-corrected chi connectivity index (χ3v) is 3.67. The highest BCUT2D eigenvalue weighted by molar-refractivity contribution is 7.71. The lowest BCUT2D eigenvalue weighted by Gasteiger charge is -2.11. The van der Waals surface area contributed by atoms with Gasteiger partial charge in [-0.1, -0.05) is 18.2 Å². The number of para-hydroxylation sites is 1. The summed E-state index contributed by atoms with van der Waals surface area (Å²) in [7, 11) is 0. The second kappa shape index (κ2) is 7.04. The van der Waals surface area contributed by atoms with Crippen molar-refractivity contribution in [3.05, 3.63) is 71.3 Å². The smallest absolute Gasteiger partial charge is 0.406 e. The van der Waals surface area contributed by atoms with E-state index in [4.69, 9.17) is 12.2 Å². The largest absolute Gasteiger partial charge is 0.573 e. The van der Waals surface area contributed by atoms with Crippen molar-refractivity contribution in [2.24, 2.45) is 0 Å². The Balaban J connectivity index is 1.80. The Labute approximate surface area is 151 Å². The molecule has 3 aromatic rings. The number of benzene rings is 2. The summed E-state index contributed by atoms with van der Waals surface area (Å²) in [6.45, 7) is 0. The molecule has 0 atom stereocenters. The van der Waals surface area contributed by atoms with E-state index in [1.807, 2.05) is 18.2 Å². The summed E-state index contributed by atoms with van der Waals surface area (Å²) >= 11 is 5.21. The molecule has 0 saturated carbocycles. The molecular weight excluding hydrogens is 367 g/mol. The molecular formula is C17H12F3N3O2S. The molecule has 0 bridgehead atoms. The van der Waals surface area contributed by atoms with E-state index < -0.39 is 12.3 Å². The number of hydrogen-bond acceptors (Lipinski definition) is 3. The van der Waals surface area contributed by atoms with Gasteiger partial charge in [0.1, 0.15) is 11.4 Å². The summed E-state index contributed by atoms with van der Waals surface area (Å²) in [5.41, 5.74) is 1.28. The number of hydrogen-bond donors (Lipinski definition) is 2. The van der Waals surface area contributed by atoms with Crippen molar-refractivity contribution < 1.29 is 22.7 Å². The van der Waals surface area contributed by atoms with Gasteiger partial charge >= 0.3 is 6.36 Å². The first-order chi connectivity index (χ1) is 12.3. The predicted molar refractivity (Wildman–Crippen MR) is 92.0 cm³/mol. The number of nitrogens with one attached hydrogen (secondary N) is 2. The molecule has 1 aromatic heterocycles. The summed E-state index contributed by atoms with van der Waals surface area (Å²) in [6.07, 6.45) is -3.30. The summed E-state index contributed by atoms with van der Waals surface area (Å²) in [4.78, 5) is 15.3. The number of aromatic amines is 1. The van der Waals surface area contributed by atoms with Crippen LogP contribution in [-0.4, -0.2) is 21.8 Å². The maximum atomic E-state index is 12.5. The van der Waals surface area contributed by atoms with Gasteiger partial charge in [0, 0.05) is 17.6 Å². The van der Waals surface area contributed by atoms with Gasteiger partial charge in [0.25, 0.3) is 5.91 Å². The Hall–Kier alpha value is -3.07. The van der Waals surface area contributed by atoms with Gasteiger partial charge in [0.15, 0.2) is 4.77 Å². The minimum absolute atomic E-state index is 0.261. The molecule has 0 fully saturated rings. The minimum atomic E-state index is -4.77. The first-order valence-electron chi connectivity index (χ1n) is 7.36. The number of aromatic nitrogens is 2.